The number of hydrogen-bond donors (Lipinski definition) is 4. The molecule has 4 N–H and O–H groups in total. The van der Waals surface area contributed by atoms with Gasteiger partial charge in [-0.3, -0.25) is 0 Å². The van der Waals surface area contributed by atoms with Gasteiger partial charge in [-0.1, -0.05) is 0 Å². The zero-order valence-electron chi connectivity index (χ0n) is 10.4. The topological polar surface area (TPSA) is 108 Å². The summed E-state index contributed by atoms with van der Waals surface area (Å²) in [5, 5.41) is 22.9. The van der Waals surface area contributed by atoms with E-state index in [1.54, 1.807) is 0 Å². The lowest BCUT2D eigenvalue weighted by atomic mass is 10.1. The molecule has 2 unspecified atom stereocenters. The van der Waals surface area contributed by atoms with E-state index in [0.29, 0.717) is 6.54 Å². The van der Waals surface area contributed by atoms with Crippen LogP contribution in [0.2, 0.25) is 0 Å². The van der Waals surface area contributed by atoms with E-state index in [2.05, 4.69) is 10.6 Å². The molecular formula is C11H20N2O5. The molecule has 0 aliphatic carbocycles. The minimum Gasteiger partial charge on any atom is -0.479 e. The second-order valence-electron chi connectivity index (χ2n) is 4.61. The predicted molar refractivity (Wildman–Crippen MR) is 63.3 cm³/mol. The molecule has 1 rings (SSSR count). The van der Waals surface area contributed by atoms with Crippen LogP contribution in [-0.2, 0) is 9.53 Å². The van der Waals surface area contributed by atoms with Gasteiger partial charge in [0.05, 0.1) is 12.6 Å². The molecule has 2 atom stereocenters. The lowest BCUT2D eigenvalue weighted by molar-refractivity contribution is -0.155. The van der Waals surface area contributed by atoms with Crippen molar-refractivity contribution in [2.24, 2.45) is 0 Å². The third-order valence-electron chi connectivity index (χ3n) is 2.83. The fraction of sp³-hybridized carbons (Fsp3) is 0.818. The lowest BCUT2D eigenvalue weighted by Crippen LogP contribution is -2.49. The molecule has 0 aromatic rings. The van der Waals surface area contributed by atoms with Crippen molar-refractivity contribution in [3.05, 3.63) is 0 Å². The Morgan fingerprint density at radius 2 is 2.17 bits per heavy atom. The number of nitrogens with one attached hydrogen (secondary N) is 2. The highest BCUT2D eigenvalue weighted by atomic mass is 16.5. The van der Waals surface area contributed by atoms with Gasteiger partial charge in [-0.15, -0.1) is 0 Å². The van der Waals surface area contributed by atoms with Crippen LogP contribution in [0.3, 0.4) is 0 Å². The summed E-state index contributed by atoms with van der Waals surface area (Å²) < 4.78 is 5.39. The Hall–Kier alpha value is -1.34. The molecule has 1 aliphatic rings. The first kappa shape index (κ1) is 14.7. The second-order valence-corrected chi connectivity index (χ2v) is 4.61. The first-order valence-corrected chi connectivity index (χ1v) is 6.01. The fourth-order valence-electron chi connectivity index (χ4n) is 1.61. The molecule has 0 radical (unpaired) electrons. The first-order valence-electron chi connectivity index (χ1n) is 6.01. The first-order chi connectivity index (χ1) is 8.42. The summed E-state index contributed by atoms with van der Waals surface area (Å²) in [6.45, 7) is 2.03. The van der Waals surface area contributed by atoms with E-state index >= 15 is 0 Å². The minimum absolute atomic E-state index is 0.201. The monoisotopic (exact) mass is 260 g/mol. The van der Waals surface area contributed by atoms with Crippen LogP contribution in [0.4, 0.5) is 4.79 Å². The van der Waals surface area contributed by atoms with Crippen LogP contribution in [0.1, 0.15) is 26.2 Å². The van der Waals surface area contributed by atoms with E-state index in [1.165, 1.54) is 0 Å². The molecule has 2 amide bonds. The summed E-state index contributed by atoms with van der Waals surface area (Å²) in [5.41, 5.74) is -1.95. The number of rotatable bonds is 6. The van der Waals surface area contributed by atoms with Gasteiger partial charge >= 0.3 is 12.0 Å². The van der Waals surface area contributed by atoms with Gasteiger partial charge in [-0.25, -0.2) is 9.59 Å². The van der Waals surface area contributed by atoms with Gasteiger partial charge in [-0.2, -0.15) is 0 Å². The fourth-order valence-corrected chi connectivity index (χ4v) is 1.61. The van der Waals surface area contributed by atoms with Crippen LogP contribution < -0.4 is 10.6 Å². The van der Waals surface area contributed by atoms with Gasteiger partial charge in [0.15, 0.2) is 5.60 Å². The number of carboxylic acids is 1. The van der Waals surface area contributed by atoms with Crippen molar-refractivity contribution in [1.82, 2.24) is 10.6 Å². The maximum Gasteiger partial charge on any atom is 0.337 e. The Kier molecular flexibility index (Phi) is 5.36. The Morgan fingerprint density at radius 3 is 2.72 bits per heavy atom. The summed E-state index contributed by atoms with van der Waals surface area (Å²) in [5.74, 6) is -1.37. The molecule has 7 heteroatoms. The van der Waals surface area contributed by atoms with Gasteiger partial charge in [0.2, 0.25) is 0 Å². The Morgan fingerprint density at radius 1 is 1.44 bits per heavy atom. The number of aliphatic hydroxyl groups is 1. The summed E-state index contributed by atoms with van der Waals surface area (Å²) in [6, 6.07) is -0.491. The van der Waals surface area contributed by atoms with Crippen LogP contribution >= 0.6 is 0 Å². The van der Waals surface area contributed by atoms with E-state index in [0.717, 1.165) is 32.8 Å². The molecule has 0 aromatic carbocycles. The van der Waals surface area contributed by atoms with Crippen molar-refractivity contribution < 1.29 is 24.5 Å². The molecule has 104 valence electrons. The maximum absolute atomic E-state index is 11.3. The predicted octanol–water partition coefficient (Wildman–Crippen LogP) is -0.310. The number of carboxylic acid groups (broad SMARTS) is 1. The summed E-state index contributed by atoms with van der Waals surface area (Å²) in [7, 11) is 0. The van der Waals surface area contributed by atoms with Crippen LogP contribution in [0, 0.1) is 0 Å². The number of amides is 2. The minimum atomic E-state index is -1.95. The van der Waals surface area contributed by atoms with Crippen molar-refractivity contribution >= 4 is 12.0 Å². The number of aliphatic carboxylic acids is 1. The second kappa shape index (κ2) is 6.55. The maximum atomic E-state index is 11.3. The molecule has 0 saturated carbocycles. The van der Waals surface area contributed by atoms with Crippen molar-refractivity contribution in [1.29, 1.82) is 0 Å². The Labute approximate surface area is 106 Å². The molecule has 18 heavy (non-hydrogen) atoms. The smallest absolute Gasteiger partial charge is 0.337 e. The quantitative estimate of drug-likeness (QED) is 0.524. The third kappa shape index (κ3) is 4.89. The Balaban J connectivity index is 2.11. The average molecular weight is 260 g/mol. The highest BCUT2D eigenvalue weighted by Crippen LogP contribution is 2.14. The average Bonchev–Trinajstić information content (AvgIpc) is 2.79. The van der Waals surface area contributed by atoms with Crippen LogP contribution in [0.25, 0.3) is 0 Å². The van der Waals surface area contributed by atoms with Crippen molar-refractivity contribution in [2.45, 2.75) is 37.9 Å². The highest BCUT2D eigenvalue weighted by molar-refractivity contribution is 5.79. The van der Waals surface area contributed by atoms with Crippen LogP contribution in [0.15, 0.2) is 0 Å². The number of ether oxygens (including phenoxy) is 1. The standard InChI is InChI=1S/C11H20N2O5/c1-11(17,9(14)15)7-13-10(16)12-5-4-8-3-2-6-18-8/h8,17H,2-7H2,1H3,(H,14,15)(H2,12,13,16). The van der Waals surface area contributed by atoms with E-state index in [-0.39, 0.29) is 12.6 Å². The zero-order valence-corrected chi connectivity index (χ0v) is 10.4. The SMILES string of the molecule is CC(O)(CNC(=O)NCCC1CCCO1)C(=O)O. The van der Waals surface area contributed by atoms with Crippen molar-refractivity contribution in [3.8, 4) is 0 Å². The molecule has 0 aromatic heterocycles. The molecule has 1 heterocycles. The van der Waals surface area contributed by atoms with Gasteiger partial charge in [0, 0.05) is 13.2 Å². The number of urea groups is 1. The number of hydrogen-bond acceptors (Lipinski definition) is 4. The number of carbonyl (C=O) groups is 2. The van der Waals surface area contributed by atoms with E-state index in [9.17, 15) is 14.7 Å². The molecule has 0 spiro atoms. The summed E-state index contributed by atoms with van der Waals surface area (Å²) >= 11 is 0. The molecule has 7 nitrogen and oxygen atoms in total. The van der Waals surface area contributed by atoms with Crippen LogP contribution in [-0.4, -0.2) is 53.6 Å². The highest BCUT2D eigenvalue weighted by Gasteiger charge is 2.30. The van der Waals surface area contributed by atoms with Gasteiger partial charge in [-0.05, 0) is 26.2 Å². The molecule has 1 fully saturated rings. The van der Waals surface area contributed by atoms with E-state index in [4.69, 9.17) is 9.84 Å². The number of carbonyl (C=O) groups excluding carboxylic acids is 1. The van der Waals surface area contributed by atoms with E-state index in [1.807, 2.05) is 0 Å². The summed E-state index contributed by atoms with van der Waals surface area (Å²) in [6.07, 6.45) is 3.01. The van der Waals surface area contributed by atoms with Crippen molar-refractivity contribution in [3.63, 3.8) is 0 Å². The molecular weight excluding hydrogens is 240 g/mol. The summed E-state index contributed by atoms with van der Waals surface area (Å²) in [4.78, 5) is 21.9. The normalized spacial score (nSPS) is 22.2. The lowest BCUT2D eigenvalue weighted by Gasteiger charge is -2.18. The third-order valence-corrected chi connectivity index (χ3v) is 2.83. The molecule has 1 aliphatic heterocycles. The van der Waals surface area contributed by atoms with Gasteiger partial charge < -0.3 is 25.6 Å². The van der Waals surface area contributed by atoms with Gasteiger partial charge in [0.25, 0.3) is 0 Å². The van der Waals surface area contributed by atoms with Crippen molar-refractivity contribution in [2.75, 3.05) is 19.7 Å². The van der Waals surface area contributed by atoms with Crippen LogP contribution in [0.5, 0.6) is 0 Å². The largest absolute Gasteiger partial charge is 0.479 e. The zero-order chi connectivity index (χ0) is 13.6. The Bertz CT molecular complexity index is 300. The molecule has 0 bridgehead atoms. The van der Waals surface area contributed by atoms with E-state index < -0.39 is 17.6 Å². The molecule has 1 saturated heterocycles. The van der Waals surface area contributed by atoms with Gasteiger partial charge in [0.1, 0.15) is 0 Å².